The Balaban J connectivity index is 1.63. The lowest BCUT2D eigenvalue weighted by atomic mass is 9.96. The number of rotatable bonds is 7. The first kappa shape index (κ1) is 31.6. The quantitative estimate of drug-likeness (QED) is 0.444. The van der Waals surface area contributed by atoms with Crippen molar-refractivity contribution in [2.45, 2.75) is 83.9 Å². The van der Waals surface area contributed by atoms with Crippen molar-refractivity contribution < 1.29 is 37.4 Å². The number of alkyl halides is 3. The van der Waals surface area contributed by atoms with Gasteiger partial charge in [-0.3, -0.25) is 14.6 Å². The van der Waals surface area contributed by atoms with Crippen LogP contribution in [0.4, 0.5) is 22.4 Å². The molecular weight excluding hydrogens is 558 g/mol. The van der Waals surface area contributed by atoms with Crippen molar-refractivity contribution in [1.29, 1.82) is 0 Å². The van der Waals surface area contributed by atoms with Crippen LogP contribution >= 0.6 is 0 Å². The molecule has 0 spiro atoms. The smallest absolute Gasteiger partial charge is 0.433 e. The number of aliphatic hydroxyl groups is 1. The zero-order valence-electron chi connectivity index (χ0n) is 24.2. The summed E-state index contributed by atoms with van der Waals surface area (Å²) < 4.78 is 55.5. The summed E-state index contributed by atoms with van der Waals surface area (Å²) in [6.45, 7) is 7.69. The van der Waals surface area contributed by atoms with E-state index in [1.165, 1.54) is 17.0 Å². The molecule has 1 aromatic carbocycles. The normalized spacial score (nSPS) is 19.8. The van der Waals surface area contributed by atoms with Gasteiger partial charge >= 0.3 is 12.3 Å². The van der Waals surface area contributed by atoms with E-state index in [0.717, 1.165) is 18.6 Å². The van der Waals surface area contributed by atoms with E-state index in [9.17, 15) is 37.4 Å². The number of amides is 2. The molecule has 0 radical (unpaired) electrons. The highest BCUT2D eigenvalue weighted by molar-refractivity contribution is 5.77. The van der Waals surface area contributed by atoms with Crippen molar-refractivity contribution in [2.75, 3.05) is 19.6 Å². The molecule has 2 N–H and O–H groups in total. The van der Waals surface area contributed by atoms with Gasteiger partial charge in [-0.05, 0) is 63.8 Å². The Labute approximate surface area is 242 Å². The van der Waals surface area contributed by atoms with Crippen molar-refractivity contribution >= 4 is 12.0 Å². The van der Waals surface area contributed by atoms with Crippen LogP contribution in [0.25, 0.3) is 11.4 Å². The van der Waals surface area contributed by atoms with Crippen molar-refractivity contribution in [1.82, 2.24) is 24.7 Å². The second-order valence-corrected chi connectivity index (χ2v) is 12.2. The van der Waals surface area contributed by atoms with Crippen LogP contribution in [-0.4, -0.2) is 84.3 Å². The summed E-state index contributed by atoms with van der Waals surface area (Å²) in [7, 11) is 0. The van der Waals surface area contributed by atoms with Crippen LogP contribution in [-0.2, 0) is 23.9 Å². The summed E-state index contributed by atoms with van der Waals surface area (Å²) in [4.78, 5) is 37.7. The molecule has 230 valence electrons. The molecule has 2 amide bonds. The first-order chi connectivity index (χ1) is 19.5. The molecule has 0 bridgehead atoms. The van der Waals surface area contributed by atoms with Crippen LogP contribution in [0, 0.1) is 11.7 Å². The van der Waals surface area contributed by atoms with E-state index in [1.54, 1.807) is 30.6 Å². The fourth-order valence-electron chi connectivity index (χ4n) is 5.84. The number of nitrogens with zero attached hydrogens (tertiary/aromatic N) is 5. The number of fused-ring (bicyclic) bond motifs is 1. The van der Waals surface area contributed by atoms with Gasteiger partial charge in [-0.1, -0.05) is 6.92 Å². The number of hydrogen-bond acceptors (Lipinski definition) is 6. The number of carboxylic acid groups (broad SMARTS) is 1. The molecule has 2 aromatic rings. The van der Waals surface area contributed by atoms with Crippen molar-refractivity contribution in [3.8, 4) is 11.4 Å². The maximum atomic E-state index is 14.0. The van der Waals surface area contributed by atoms with Crippen LogP contribution in [0.5, 0.6) is 0 Å². The molecule has 13 heteroatoms. The molecule has 1 saturated heterocycles. The number of aliphatic hydroxyl groups excluding tert-OH is 1. The number of hydrogen-bond donors (Lipinski definition) is 2. The molecule has 0 aliphatic carbocycles. The van der Waals surface area contributed by atoms with Crippen LogP contribution in [0.15, 0.2) is 24.3 Å². The second-order valence-electron chi connectivity index (χ2n) is 12.2. The molecule has 3 heterocycles. The number of likely N-dealkylation sites (tertiary alicyclic amines) is 1. The minimum absolute atomic E-state index is 0.0610. The second kappa shape index (κ2) is 12.1. The van der Waals surface area contributed by atoms with Crippen LogP contribution < -0.4 is 0 Å². The average Bonchev–Trinajstić information content (AvgIpc) is 2.88. The molecule has 0 saturated carbocycles. The monoisotopic (exact) mass is 595 g/mol. The van der Waals surface area contributed by atoms with E-state index in [4.69, 9.17) is 0 Å². The van der Waals surface area contributed by atoms with Crippen LogP contribution in [0.3, 0.4) is 0 Å². The van der Waals surface area contributed by atoms with Gasteiger partial charge < -0.3 is 15.1 Å². The standard InChI is InChI=1S/C29H37F4N5O4/c1-17-5-10-23(39)37(14-17)15-20(38(27(41)42)28(2,3)4)13-24(40)36-12-11-21-22(16-36)34-26(35-25(21)29(31,32)33)18-6-8-19(30)9-7-18/h6-9,17,20,24,40H,5,10-16H2,1-4H3,(H,41,42)/t17-,20+,24?/m1/s1. The molecule has 4 rings (SSSR count). The lowest BCUT2D eigenvalue weighted by molar-refractivity contribution is -0.142. The Morgan fingerprint density at radius 3 is 2.40 bits per heavy atom. The molecule has 42 heavy (non-hydrogen) atoms. The van der Waals surface area contributed by atoms with Gasteiger partial charge in [0.2, 0.25) is 5.91 Å². The Kier molecular flexibility index (Phi) is 9.12. The maximum absolute atomic E-state index is 14.0. The Morgan fingerprint density at radius 1 is 1.14 bits per heavy atom. The van der Waals surface area contributed by atoms with Gasteiger partial charge in [-0.2, -0.15) is 13.2 Å². The van der Waals surface area contributed by atoms with Gasteiger partial charge in [0.05, 0.1) is 11.7 Å². The average molecular weight is 596 g/mol. The lowest BCUT2D eigenvalue weighted by Gasteiger charge is -2.44. The van der Waals surface area contributed by atoms with Gasteiger partial charge in [0.25, 0.3) is 0 Å². The third-order valence-corrected chi connectivity index (χ3v) is 7.83. The molecule has 1 unspecified atom stereocenters. The Morgan fingerprint density at radius 2 is 1.81 bits per heavy atom. The number of carbonyl (C=O) groups excluding carboxylic acids is 1. The van der Waals surface area contributed by atoms with Crippen LogP contribution in [0.1, 0.15) is 63.9 Å². The van der Waals surface area contributed by atoms with Crippen molar-refractivity contribution in [2.24, 2.45) is 5.92 Å². The van der Waals surface area contributed by atoms with Gasteiger partial charge in [0.1, 0.15) is 12.0 Å². The van der Waals surface area contributed by atoms with Crippen molar-refractivity contribution in [3.05, 3.63) is 47.0 Å². The lowest BCUT2D eigenvalue weighted by Crippen LogP contribution is -2.58. The summed E-state index contributed by atoms with van der Waals surface area (Å²) >= 11 is 0. The molecule has 1 fully saturated rings. The summed E-state index contributed by atoms with van der Waals surface area (Å²) in [6.07, 6.45) is -6.23. The predicted octanol–water partition coefficient (Wildman–Crippen LogP) is 4.77. The van der Waals surface area contributed by atoms with E-state index in [-0.39, 0.29) is 66.9 Å². The number of piperidine rings is 1. The first-order valence-corrected chi connectivity index (χ1v) is 14.0. The van der Waals surface area contributed by atoms with Gasteiger partial charge in [0, 0.05) is 55.7 Å². The number of aromatic nitrogens is 2. The third kappa shape index (κ3) is 7.17. The largest absolute Gasteiger partial charge is 0.465 e. The molecule has 2 aliphatic heterocycles. The molecule has 2 aliphatic rings. The molecule has 1 aromatic heterocycles. The molecule has 9 nitrogen and oxygen atoms in total. The minimum Gasteiger partial charge on any atom is -0.465 e. The van der Waals surface area contributed by atoms with Crippen molar-refractivity contribution in [3.63, 3.8) is 0 Å². The summed E-state index contributed by atoms with van der Waals surface area (Å²) in [5.74, 6) is -0.596. The minimum atomic E-state index is -4.75. The number of halogens is 4. The summed E-state index contributed by atoms with van der Waals surface area (Å²) in [6, 6.07) is 4.04. The van der Waals surface area contributed by atoms with Crippen LogP contribution in [0.2, 0.25) is 0 Å². The maximum Gasteiger partial charge on any atom is 0.433 e. The Hall–Kier alpha value is -3.32. The fourth-order valence-corrected chi connectivity index (χ4v) is 5.84. The topological polar surface area (TPSA) is 110 Å². The summed E-state index contributed by atoms with van der Waals surface area (Å²) in [5.41, 5.74) is -1.69. The highest BCUT2D eigenvalue weighted by Crippen LogP contribution is 2.36. The number of benzene rings is 1. The highest BCUT2D eigenvalue weighted by atomic mass is 19.4. The summed E-state index contributed by atoms with van der Waals surface area (Å²) in [5, 5.41) is 21.5. The van der Waals surface area contributed by atoms with E-state index >= 15 is 0 Å². The van der Waals surface area contributed by atoms with E-state index in [0.29, 0.717) is 13.0 Å². The molecular formula is C29H37F4N5O4. The predicted molar refractivity (Wildman–Crippen MR) is 146 cm³/mol. The zero-order chi connectivity index (χ0) is 31.0. The van der Waals surface area contributed by atoms with E-state index in [2.05, 4.69) is 9.97 Å². The molecule has 3 atom stereocenters. The zero-order valence-corrected chi connectivity index (χ0v) is 24.2. The SMILES string of the molecule is C[C@@H]1CCC(=O)N(C[C@H](CC(O)N2CCc3c(nc(-c4ccc(F)cc4)nc3C(F)(F)F)C2)N(C(=O)O)C(C)(C)C)C1. The first-order valence-electron chi connectivity index (χ1n) is 14.0. The highest BCUT2D eigenvalue weighted by Gasteiger charge is 2.41. The van der Waals surface area contributed by atoms with Gasteiger partial charge in [-0.15, -0.1) is 0 Å². The van der Waals surface area contributed by atoms with Gasteiger partial charge in [0.15, 0.2) is 11.5 Å². The Bertz CT molecular complexity index is 1300. The van der Waals surface area contributed by atoms with E-state index in [1.807, 2.05) is 6.92 Å². The fraction of sp³-hybridized carbons (Fsp3) is 0.586. The van der Waals surface area contributed by atoms with Gasteiger partial charge in [-0.25, -0.2) is 19.2 Å². The van der Waals surface area contributed by atoms with E-state index < -0.39 is 41.6 Å². The number of carbonyl (C=O) groups is 2. The third-order valence-electron chi connectivity index (χ3n) is 7.83.